The van der Waals surface area contributed by atoms with Crippen LogP contribution in [0.2, 0.25) is 0 Å². The quantitative estimate of drug-likeness (QED) is 0.832. The monoisotopic (exact) mass is 229 g/mol. The molecule has 1 rings (SSSR count). The van der Waals surface area contributed by atoms with E-state index in [0.29, 0.717) is 11.1 Å². The maximum atomic E-state index is 12.9. The minimum atomic E-state index is -2.78. The van der Waals surface area contributed by atoms with Crippen molar-refractivity contribution in [3.63, 3.8) is 0 Å². The Morgan fingerprint density at radius 1 is 1.38 bits per heavy atom. The van der Waals surface area contributed by atoms with Gasteiger partial charge in [0.15, 0.2) is 0 Å². The number of nitrogens with two attached hydrogens (primary N) is 1. The molecular formula is C12H17F2NO. The molecule has 0 aliphatic rings. The van der Waals surface area contributed by atoms with E-state index in [0.717, 1.165) is 6.92 Å². The molecule has 0 heterocycles. The normalized spacial score (nSPS) is 15.9. The van der Waals surface area contributed by atoms with Crippen LogP contribution in [0.5, 0.6) is 0 Å². The highest BCUT2D eigenvalue weighted by Crippen LogP contribution is 2.26. The Bertz CT molecular complexity index is 347. The first-order chi connectivity index (χ1) is 7.31. The average molecular weight is 229 g/mol. The molecule has 16 heavy (non-hydrogen) atoms. The highest BCUT2D eigenvalue weighted by molar-refractivity contribution is 5.30. The fraction of sp³-hybridized carbons (Fsp3) is 0.500. The van der Waals surface area contributed by atoms with Crippen LogP contribution >= 0.6 is 0 Å². The van der Waals surface area contributed by atoms with Gasteiger partial charge in [0.05, 0.1) is 6.10 Å². The molecule has 2 atom stereocenters. The van der Waals surface area contributed by atoms with Gasteiger partial charge in [-0.2, -0.15) is 0 Å². The van der Waals surface area contributed by atoms with E-state index in [2.05, 4.69) is 0 Å². The smallest absolute Gasteiger partial charge is 0.249 e. The van der Waals surface area contributed by atoms with Crippen molar-refractivity contribution < 1.29 is 13.9 Å². The first-order valence-electron chi connectivity index (χ1n) is 5.20. The van der Waals surface area contributed by atoms with Crippen molar-refractivity contribution in [2.45, 2.75) is 38.3 Å². The highest BCUT2D eigenvalue weighted by atomic mass is 19.3. The average Bonchev–Trinajstić information content (AvgIpc) is 2.15. The fourth-order valence-corrected chi connectivity index (χ4v) is 1.60. The molecule has 0 aromatic heterocycles. The first-order valence-corrected chi connectivity index (χ1v) is 5.20. The molecule has 0 saturated heterocycles. The topological polar surface area (TPSA) is 46.2 Å². The van der Waals surface area contributed by atoms with Gasteiger partial charge >= 0.3 is 0 Å². The molecule has 0 bridgehead atoms. The second kappa shape index (κ2) is 4.89. The Hall–Kier alpha value is -1.00. The van der Waals surface area contributed by atoms with Crippen LogP contribution < -0.4 is 5.73 Å². The molecule has 0 saturated carbocycles. The number of aliphatic hydroxyl groups excluding tert-OH is 1. The number of aliphatic hydroxyl groups is 1. The molecular weight excluding hydrogens is 212 g/mol. The molecule has 0 aliphatic heterocycles. The van der Waals surface area contributed by atoms with Crippen molar-refractivity contribution in [1.29, 1.82) is 0 Å². The number of alkyl halides is 2. The van der Waals surface area contributed by atoms with E-state index >= 15 is 0 Å². The minimum absolute atomic E-state index is 0.382. The van der Waals surface area contributed by atoms with E-state index in [1.807, 2.05) is 0 Å². The van der Waals surface area contributed by atoms with Gasteiger partial charge in [0.25, 0.3) is 0 Å². The summed E-state index contributed by atoms with van der Waals surface area (Å²) in [5.41, 5.74) is 6.49. The lowest BCUT2D eigenvalue weighted by atomic mass is 9.95. The summed E-state index contributed by atoms with van der Waals surface area (Å²) in [5.74, 6) is -2.78. The highest BCUT2D eigenvalue weighted by Gasteiger charge is 2.25. The largest absolute Gasteiger partial charge is 0.387 e. The van der Waals surface area contributed by atoms with Crippen molar-refractivity contribution in [1.82, 2.24) is 0 Å². The molecule has 0 radical (unpaired) electrons. The Kier molecular flexibility index (Phi) is 3.99. The van der Waals surface area contributed by atoms with Gasteiger partial charge in [-0.25, -0.2) is 8.78 Å². The fourth-order valence-electron chi connectivity index (χ4n) is 1.60. The van der Waals surface area contributed by atoms with Crippen LogP contribution in [-0.2, 0) is 6.42 Å². The summed E-state index contributed by atoms with van der Waals surface area (Å²) < 4.78 is 25.9. The summed E-state index contributed by atoms with van der Waals surface area (Å²) in [7, 11) is 0. The lowest BCUT2D eigenvalue weighted by Crippen LogP contribution is -2.26. The Balaban J connectivity index is 3.01. The molecule has 4 heteroatoms. The first kappa shape index (κ1) is 13.1. The maximum Gasteiger partial charge on any atom is 0.249 e. The molecule has 0 amide bonds. The van der Waals surface area contributed by atoms with Crippen LogP contribution in [0.3, 0.4) is 0 Å². The maximum absolute atomic E-state index is 12.9. The molecule has 0 fully saturated rings. The Labute approximate surface area is 94.1 Å². The summed E-state index contributed by atoms with van der Waals surface area (Å²) in [4.78, 5) is 0. The number of benzene rings is 1. The minimum Gasteiger partial charge on any atom is -0.387 e. The molecule has 1 aromatic rings. The molecule has 3 N–H and O–H groups in total. The van der Waals surface area contributed by atoms with Crippen molar-refractivity contribution in [2.24, 2.45) is 5.73 Å². The van der Waals surface area contributed by atoms with Crippen molar-refractivity contribution in [2.75, 3.05) is 0 Å². The Morgan fingerprint density at radius 3 is 2.44 bits per heavy atom. The van der Waals surface area contributed by atoms with E-state index < -0.39 is 18.1 Å². The number of hydrogen-bond acceptors (Lipinski definition) is 2. The van der Waals surface area contributed by atoms with Gasteiger partial charge in [0.2, 0.25) is 5.92 Å². The van der Waals surface area contributed by atoms with Gasteiger partial charge in [-0.3, -0.25) is 0 Å². The van der Waals surface area contributed by atoms with E-state index in [4.69, 9.17) is 5.73 Å². The van der Waals surface area contributed by atoms with Gasteiger partial charge in [0.1, 0.15) is 0 Å². The second-order valence-corrected chi connectivity index (χ2v) is 4.25. The van der Waals surface area contributed by atoms with E-state index in [1.54, 1.807) is 31.2 Å². The summed E-state index contributed by atoms with van der Waals surface area (Å²) in [6, 6.07) is 6.14. The zero-order valence-corrected chi connectivity index (χ0v) is 9.45. The number of halogens is 2. The van der Waals surface area contributed by atoms with Gasteiger partial charge in [-0.05, 0) is 25.0 Å². The predicted octanol–water partition coefficient (Wildman–Crippen LogP) is 2.26. The molecule has 2 nitrogen and oxygen atoms in total. The Morgan fingerprint density at radius 2 is 1.94 bits per heavy atom. The molecule has 90 valence electrons. The van der Waals surface area contributed by atoms with E-state index in [1.165, 1.54) is 0 Å². The van der Waals surface area contributed by atoms with Crippen molar-refractivity contribution in [3.8, 4) is 0 Å². The SMILES string of the molecule is CC(N)C(O)c1ccccc1CC(C)(F)F. The third kappa shape index (κ3) is 3.54. The third-order valence-electron chi connectivity index (χ3n) is 2.37. The van der Waals surface area contributed by atoms with Crippen LogP contribution in [0, 0.1) is 0 Å². The van der Waals surface area contributed by atoms with Crippen molar-refractivity contribution >= 4 is 0 Å². The summed E-state index contributed by atoms with van der Waals surface area (Å²) in [6.07, 6.45) is -1.29. The van der Waals surface area contributed by atoms with Gasteiger partial charge < -0.3 is 10.8 Å². The van der Waals surface area contributed by atoms with Crippen LogP contribution in [0.25, 0.3) is 0 Å². The van der Waals surface area contributed by atoms with Crippen molar-refractivity contribution in [3.05, 3.63) is 35.4 Å². The van der Waals surface area contributed by atoms with Gasteiger partial charge in [0, 0.05) is 12.5 Å². The summed E-state index contributed by atoms with van der Waals surface area (Å²) >= 11 is 0. The summed E-state index contributed by atoms with van der Waals surface area (Å²) in [5, 5.41) is 9.81. The lowest BCUT2D eigenvalue weighted by Gasteiger charge is -2.20. The second-order valence-electron chi connectivity index (χ2n) is 4.25. The third-order valence-corrected chi connectivity index (χ3v) is 2.37. The van der Waals surface area contributed by atoms with Gasteiger partial charge in [-0.15, -0.1) is 0 Å². The molecule has 0 aliphatic carbocycles. The van der Waals surface area contributed by atoms with Crippen LogP contribution in [0.1, 0.15) is 31.1 Å². The predicted molar refractivity (Wildman–Crippen MR) is 59.4 cm³/mol. The van der Waals surface area contributed by atoms with Crippen LogP contribution in [0.4, 0.5) is 8.78 Å². The van der Waals surface area contributed by atoms with E-state index in [-0.39, 0.29) is 6.42 Å². The lowest BCUT2D eigenvalue weighted by molar-refractivity contribution is 0.0217. The van der Waals surface area contributed by atoms with Gasteiger partial charge in [-0.1, -0.05) is 24.3 Å². The van der Waals surface area contributed by atoms with Crippen LogP contribution in [-0.4, -0.2) is 17.1 Å². The standard InChI is InChI=1S/C12H17F2NO/c1-8(15)11(16)10-6-4-3-5-9(10)7-12(2,13)14/h3-6,8,11,16H,7,15H2,1-2H3. The molecule has 0 spiro atoms. The van der Waals surface area contributed by atoms with Crippen LogP contribution in [0.15, 0.2) is 24.3 Å². The number of rotatable bonds is 4. The molecule has 1 aromatic carbocycles. The zero-order valence-electron chi connectivity index (χ0n) is 9.45. The summed E-state index contributed by atoms with van der Waals surface area (Å²) in [6.45, 7) is 2.51. The van der Waals surface area contributed by atoms with E-state index in [9.17, 15) is 13.9 Å². The molecule has 2 unspecified atom stereocenters. The number of hydrogen-bond donors (Lipinski definition) is 2. The zero-order chi connectivity index (χ0) is 12.3.